The zero-order valence-electron chi connectivity index (χ0n) is 17.4. The molecule has 0 bridgehead atoms. The van der Waals surface area contributed by atoms with Gasteiger partial charge < -0.3 is 14.8 Å². The highest BCUT2D eigenvalue weighted by Crippen LogP contribution is 2.15. The Balaban J connectivity index is 1.73. The number of ether oxygens (including phenoxy) is 2. The molecular weight excluding hydrogens is 350 g/mol. The van der Waals surface area contributed by atoms with Crippen molar-refractivity contribution >= 4 is 5.91 Å². The highest BCUT2D eigenvalue weighted by atomic mass is 16.5. The minimum atomic E-state index is -0.0892. The van der Waals surface area contributed by atoms with Crippen LogP contribution in [0.15, 0.2) is 48.5 Å². The molecule has 0 saturated carbocycles. The first-order valence-electron chi connectivity index (χ1n) is 10.3. The minimum absolute atomic E-state index is 0.0892. The lowest BCUT2D eigenvalue weighted by molar-refractivity contribution is 0.0951. The third-order valence-electron chi connectivity index (χ3n) is 4.38. The number of amides is 1. The number of nitrogens with one attached hydrogen (secondary N) is 1. The molecule has 0 atom stereocenters. The van der Waals surface area contributed by atoms with E-state index >= 15 is 0 Å². The Morgan fingerprint density at radius 2 is 1.54 bits per heavy atom. The van der Waals surface area contributed by atoms with Crippen LogP contribution >= 0.6 is 0 Å². The summed E-state index contributed by atoms with van der Waals surface area (Å²) in [5, 5.41) is 2.95. The largest absolute Gasteiger partial charge is 0.494 e. The summed E-state index contributed by atoms with van der Waals surface area (Å²) >= 11 is 0. The average molecular weight is 384 g/mol. The van der Waals surface area contributed by atoms with Gasteiger partial charge in [0, 0.05) is 12.1 Å². The molecule has 0 heterocycles. The molecule has 28 heavy (non-hydrogen) atoms. The van der Waals surface area contributed by atoms with Crippen LogP contribution in [0.25, 0.3) is 0 Å². The summed E-state index contributed by atoms with van der Waals surface area (Å²) < 4.78 is 11.4. The number of unbranched alkanes of at least 4 members (excludes halogenated alkanes) is 4. The van der Waals surface area contributed by atoms with E-state index in [0.29, 0.717) is 12.1 Å². The fourth-order valence-corrected chi connectivity index (χ4v) is 2.84. The molecular formula is C24H33NO3. The van der Waals surface area contributed by atoms with E-state index in [0.717, 1.165) is 30.1 Å². The predicted octanol–water partition coefficient (Wildman–Crippen LogP) is 5.75. The predicted molar refractivity (Wildman–Crippen MR) is 114 cm³/mol. The van der Waals surface area contributed by atoms with E-state index in [-0.39, 0.29) is 12.0 Å². The molecule has 0 aliphatic rings. The summed E-state index contributed by atoms with van der Waals surface area (Å²) in [4.78, 5) is 12.3. The average Bonchev–Trinajstić information content (AvgIpc) is 2.70. The number of hydrogen-bond acceptors (Lipinski definition) is 3. The summed E-state index contributed by atoms with van der Waals surface area (Å²) in [5.41, 5.74) is 1.67. The van der Waals surface area contributed by atoms with Crippen LogP contribution in [0, 0.1) is 0 Å². The molecule has 2 rings (SSSR count). The van der Waals surface area contributed by atoms with Crippen LogP contribution in [0.5, 0.6) is 11.5 Å². The van der Waals surface area contributed by atoms with Crippen molar-refractivity contribution in [3.05, 3.63) is 59.7 Å². The molecule has 2 aromatic carbocycles. The lowest BCUT2D eigenvalue weighted by Crippen LogP contribution is -2.22. The molecule has 2 aromatic rings. The van der Waals surface area contributed by atoms with E-state index in [2.05, 4.69) is 12.2 Å². The SMILES string of the molecule is CCCCCCCOc1ccc(C(=O)NCc2ccc(OC(C)C)cc2)cc1. The highest BCUT2D eigenvalue weighted by molar-refractivity contribution is 5.94. The van der Waals surface area contributed by atoms with Crippen molar-refractivity contribution in [1.82, 2.24) is 5.32 Å². The molecule has 152 valence electrons. The van der Waals surface area contributed by atoms with E-state index in [9.17, 15) is 4.79 Å². The molecule has 0 aromatic heterocycles. The van der Waals surface area contributed by atoms with Crippen molar-refractivity contribution in [1.29, 1.82) is 0 Å². The summed E-state index contributed by atoms with van der Waals surface area (Å²) in [7, 11) is 0. The fraction of sp³-hybridized carbons (Fsp3) is 0.458. The maximum Gasteiger partial charge on any atom is 0.251 e. The smallest absolute Gasteiger partial charge is 0.251 e. The molecule has 0 radical (unpaired) electrons. The van der Waals surface area contributed by atoms with Crippen molar-refractivity contribution in [2.45, 2.75) is 65.5 Å². The fourth-order valence-electron chi connectivity index (χ4n) is 2.84. The van der Waals surface area contributed by atoms with Crippen molar-refractivity contribution in [2.24, 2.45) is 0 Å². The van der Waals surface area contributed by atoms with Gasteiger partial charge >= 0.3 is 0 Å². The van der Waals surface area contributed by atoms with Crippen molar-refractivity contribution < 1.29 is 14.3 Å². The monoisotopic (exact) mass is 383 g/mol. The summed E-state index contributed by atoms with van der Waals surface area (Å²) in [6, 6.07) is 15.1. The molecule has 4 heteroatoms. The zero-order valence-corrected chi connectivity index (χ0v) is 17.4. The maximum absolute atomic E-state index is 12.3. The van der Waals surface area contributed by atoms with Gasteiger partial charge in [-0.25, -0.2) is 0 Å². The van der Waals surface area contributed by atoms with E-state index < -0.39 is 0 Å². The van der Waals surface area contributed by atoms with Crippen LogP contribution in [0.4, 0.5) is 0 Å². The van der Waals surface area contributed by atoms with Crippen LogP contribution in [0.3, 0.4) is 0 Å². The standard InChI is InChI=1S/C24H33NO3/c1-4-5-6-7-8-17-27-22-15-11-21(12-16-22)24(26)25-18-20-9-13-23(14-10-20)28-19(2)3/h9-16,19H,4-8,17-18H2,1-3H3,(H,25,26). The summed E-state index contributed by atoms with van der Waals surface area (Å²) in [6.45, 7) is 7.42. The highest BCUT2D eigenvalue weighted by Gasteiger charge is 2.06. The Bertz CT molecular complexity index is 693. The van der Waals surface area contributed by atoms with Crippen molar-refractivity contribution in [3.63, 3.8) is 0 Å². The lowest BCUT2D eigenvalue weighted by atomic mass is 10.1. The van der Waals surface area contributed by atoms with Crippen molar-refractivity contribution in [3.8, 4) is 11.5 Å². The van der Waals surface area contributed by atoms with Crippen LogP contribution < -0.4 is 14.8 Å². The maximum atomic E-state index is 12.3. The molecule has 0 saturated heterocycles. The molecule has 0 unspecified atom stereocenters. The molecule has 4 nitrogen and oxygen atoms in total. The summed E-state index contributed by atoms with van der Waals surface area (Å²) in [5.74, 6) is 1.56. The van der Waals surface area contributed by atoms with Crippen LogP contribution in [0.2, 0.25) is 0 Å². The first-order valence-corrected chi connectivity index (χ1v) is 10.3. The normalized spacial score (nSPS) is 10.7. The number of carbonyl (C=O) groups is 1. The van der Waals surface area contributed by atoms with Crippen molar-refractivity contribution in [2.75, 3.05) is 6.61 Å². The van der Waals surface area contributed by atoms with Gasteiger partial charge in [0.25, 0.3) is 5.91 Å². The van der Waals surface area contributed by atoms with E-state index in [1.165, 1.54) is 25.7 Å². The second-order valence-corrected chi connectivity index (χ2v) is 7.28. The van der Waals surface area contributed by atoms with Crippen LogP contribution in [0.1, 0.15) is 68.8 Å². The second kappa shape index (κ2) is 12.1. The van der Waals surface area contributed by atoms with E-state index in [4.69, 9.17) is 9.47 Å². The Labute approximate surface area is 169 Å². The van der Waals surface area contributed by atoms with Gasteiger partial charge in [0.2, 0.25) is 0 Å². The van der Waals surface area contributed by atoms with Gasteiger partial charge in [-0.05, 0) is 62.2 Å². The van der Waals surface area contributed by atoms with Crippen LogP contribution in [-0.2, 0) is 6.54 Å². The van der Waals surface area contributed by atoms with Gasteiger partial charge in [0.15, 0.2) is 0 Å². The van der Waals surface area contributed by atoms with Gasteiger partial charge in [-0.2, -0.15) is 0 Å². The Hall–Kier alpha value is -2.49. The first kappa shape index (κ1) is 21.8. The van der Waals surface area contributed by atoms with E-state index in [1.807, 2.05) is 50.2 Å². The Kier molecular flexibility index (Phi) is 9.40. The molecule has 0 aliphatic carbocycles. The molecule has 1 N–H and O–H groups in total. The third kappa shape index (κ3) is 8.03. The van der Waals surface area contributed by atoms with Gasteiger partial charge in [0.05, 0.1) is 12.7 Å². The quantitative estimate of drug-likeness (QED) is 0.475. The van der Waals surface area contributed by atoms with E-state index in [1.54, 1.807) is 12.1 Å². The number of benzene rings is 2. The number of carbonyl (C=O) groups excluding carboxylic acids is 1. The number of rotatable bonds is 12. The topological polar surface area (TPSA) is 47.6 Å². The minimum Gasteiger partial charge on any atom is -0.494 e. The second-order valence-electron chi connectivity index (χ2n) is 7.28. The van der Waals surface area contributed by atoms with Gasteiger partial charge in [-0.3, -0.25) is 4.79 Å². The van der Waals surface area contributed by atoms with Gasteiger partial charge in [0.1, 0.15) is 11.5 Å². The first-order chi connectivity index (χ1) is 13.6. The molecule has 0 fully saturated rings. The van der Waals surface area contributed by atoms with Crippen LogP contribution in [-0.4, -0.2) is 18.6 Å². The molecule has 0 aliphatic heterocycles. The lowest BCUT2D eigenvalue weighted by Gasteiger charge is -2.11. The van der Waals surface area contributed by atoms with Gasteiger partial charge in [-0.15, -0.1) is 0 Å². The Morgan fingerprint density at radius 3 is 2.18 bits per heavy atom. The van der Waals surface area contributed by atoms with Gasteiger partial charge in [-0.1, -0.05) is 44.7 Å². The molecule has 0 spiro atoms. The summed E-state index contributed by atoms with van der Waals surface area (Å²) in [6.07, 6.45) is 6.25. The zero-order chi connectivity index (χ0) is 20.2. The number of hydrogen-bond donors (Lipinski definition) is 1. The third-order valence-corrected chi connectivity index (χ3v) is 4.38. The molecule has 1 amide bonds. The Morgan fingerprint density at radius 1 is 0.893 bits per heavy atom.